The number of hydrogen-bond donors (Lipinski definition) is 1. The zero-order valence-corrected chi connectivity index (χ0v) is 17.4. The van der Waals surface area contributed by atoms with Crippen LogP contribution in [0.1, 0.15) is 45.7 Å². The van der Waals surface area contributed by atoms with Gasteiger partial charge in [0.25, 0.3) is 0 Å². The highest BCUT2D eigenvalue weighted by molar-refractivity contribution is 9.10. The fourth-order valence-corrected chi connectivity index (χ4v) is 3.58. The first-order valence-electron chi connectivity index (χ1n) is 8.91. The Morgan fingerprint density at radius 3 is 2.96 bits per heavy atom. The molecule has 9 heteroatoms. The summed E-state index contributed by atoms with van der Waals surface area (Å²) in [5.41, 5.74) is 0.112. The highest BCUT2D eigenvalue weighted by Crippen LogP contribution is 2.34. The van der Waals surface area contributed by atoms with Crippen LogP contribution in [0.25, 0.3) is 5.52 Å². The van der Waals surface area contributed by atoms with E-state index in [1.54, 1.807) is 24.6 Å². The first-order chi connectivity index (χ1) is 12.7. The lowest BCUT2D eigenvalue weighted by atomic mass is 9.92. The molecule has 27 heavy (non-hydrogen) atoms. The van der Waals surface area contributed by atoms with Crippen molar-refractivity contribution in [3.8, 4) is 0 Å². The Morgan fingerprint density at radius 1 is 1.56 bits per heavy atom. The molecule has 0 aliphatic carbocycles. The van der Waals surface area contributed by atoms with Crippen LogP contribution in [0.3, 0.4) is 0 Å². The Balaban J connectivity index is 1.90. The van der Waals surface area contributed by atoms with Crippen LogP contribution in [-0.2, 0) is 14.3 Å². The molecule has 7 nitrogen and oxygen atoms in total. The van der Waals surface area contributed by atoms with Crippen molar-refractivity contribution in [2.45, 2.75) is 57.8 Å². The fourth-order valence-electron chi connectivity index (χ4n) is 3.07. The average Bonchev–Trinajstić information content (AvgIpc) is 2.91. The zero-order valence-electron chi connectivity index (χ0n) is 15.8. The van der Waals surface area contributed by atoms with Crippen molar-refractivity contribution in [2.24, 2.45) is 0 Å². The van der Waals surface area contributed by atoms with Crippen molar-refractivity contribution >= 4 is 33.4 Å². The number of alkyl halides is 1. The molecule has 0 aromatic carbocycles. The van der Waals surface area contributed by atoms with Crippen LogP contribution < -0.4 is 5.32 Å². The molecule has 0 amide bonds. The quantitative estimate of drug-likeness (QED) is 0.714. The molecule has 3 unspecified atom stereocenters. The van der Waals surface area contributed by atoms with Gasteiger partial charge in [-0.3, -0.25) is 4.79 Å². The summed E-state index contributed by atoms with van der Waals surface area (Å²) < 4.78 is 27.7. The molecule has 1 aliphatic heterocycles. The summed E-state index contributed by atoms with van der Waals surface area (Å²) >= 11 is 3.49. The highest BCUT2D eigenvalue weighted by atomic mass is 79.9. The molecule has 0 radical (unpaired) electrons. The van der Waals surface area contributed by atoms with Gasteiger partial charge in [-0.1, -0.05) is 6.92 Å². The van der Waals surface area contributed by atoms with E-state index < -0.39 is 11.8 Å². The van der Waals surface area contributed by atoms with E-state index in [1.807, 2.05) is 13.0 Å². The Bertz CT molecular complexity index is 836. The summed E-state index contributed by atoms with van der Waals surface area (Å²) in [4.78, 5) is 15.7. The number of anilines is 1. The molecule has 2 aromatic rings. The lowest BCUT2D eigenvalue weighted by molar-refractivity contribution is -0.153. The van der Waals surface area contributed by atoms with Crippen molar-refractivity contribution in [1.29, 1.82) is 0 Å². The molecular weight excluding hydrogens is 419 g/mol. The molecule has 1 fully saturated rings. The number of aromatic nitrogens is 3. The number of carbonyl (C=O) groups is 1. The molecule has 0 saturated carbocycles. The average molecular weight is 443 g/mol. The number of hydrogen-bond acceptors (Lipinski definition) is 6. The predicted molar refractivity (Wildman–Crippen MR) is 103 cm³/mol. The second-order valence-electron chi connectivity index (χ2n) is 7.34. The van der Waals surface area contributed by atoms with Gasteiger partial charge in [0.15, 0.2) is 0 Å². The second kappa shape index (κ2) is 7.71. The van der Waals surface area contributed by atoms with E-state index in [0.29, 0.717) is 25.6 Å². The first kappa shape index (κ1) is 20.0. The maximum atomic E-state index is 14.5. The van der Waals surface area contributed by atoms with Gasteiger partial charge in [-0.15, -0.1) is 5.10 Å². The van der Waals surface area contributed by atoms with Crippen molar-refractivity contribution in [1.82, 2.24) is 14.6 Å². The van der Waals surface area contributed by atoms with Gasteiger partial charge in [0.2, 0.25) is 5.95 Å². The number of fused-ring (bicyclic) bond motifs is 1. The third kappa shape index (κ3) is 4.40. The Hall–Kier alpha value is -1.74. The number of esters is 1. The number of carbonyl (C=O) groups excluding carboxylic acids is 1. The van der Waals surface area contributed by atoms with E-state index in [0.717, 1.165) is 15.7 Å². The smallest absolute Gasteiger partial charge is 0.303 e. The molecule has 1 saturated heterocycles. The number of rotatable bonds is 5. The third-order valence-electron chi connectivity index (χ3n) is 4.91. The minimum absolute atomic E-state index is 0.155. The molecular formula is C18H24BrFN4O3. The summed E-state index contributed by atoms with van der Waals surface area (Å²) in [7, 11) is 0. The monoisotopic (exact) mass is 442 g/mol. The topological polar surface area (TPSA) is 77.8 Å². The lowest BCUT2D eigenvalue weighted by Gasteiger charge is -2.31. The molecule has 3 rings (SSSR count). The van der Waals surface area contributed by atoms with Crippen LogP contribution in [0.4, 0.5) is 10.3 Å². The first-order valence-corrected chi connectivity index (χ1v) is 9.70. The van der Waals surface area contributed by atoms with Crippen LogP contribution in [0.2, 0.25) is 0 Å². The Kier molecular flexibility index (Phi) is 5.71. The van der Waals surface area contributed by atoms with Crippen molar-refractivity contribution in [3.05, 3.63) is 22.4 Å². The van der Waals surface area contributed by atoms with Gasteiger partial charge < -0.3 is 14.8 Å². The molecule has 2 aromatic heterocycles. The van der Waals surface area contributed by atoms with E-state index in [1.165, 1.54) is 6.92 Å². The van der Waals surface area contributed by atoms with Gasteiger partial charge in [0.1, 0.15) is 11.8 Å². The summed E-state index contributed by atoms with van der Waals surface area (Å²) in [6, 6.07) is 1.72. The van der Waals surface area contributed by atoms with E-state index in [9.17, 15) is 9.18 Å². The maximum Gasteiger partial charge on any atom is 0.303 e. The van der Waals surface area contributed by atoms with Crippen molar-refractivity contribution in [2.75, 3.05) is 18.5 Å². The fraction of sp³-hybridized carbons (Fsp3) is 0.611. The summed E-state index contributed by atoms with van der Waals surface area (Å²) in [6.45, 7) is 7.20. The summed E-state index contributed by atoms with van der Waals surface area (Å²) in [6.07, 6.45) is 1.94. The van der Waals surface area contributed by atoms with Crippen LogP contribution in [0.15, 0.2) is 16.7 Å². The molecule has 0 bridgehead atoms. The SMILES string of the molecule is CC(=O)OC1COCCC1Nc1ncc2c(Br)cc(C(C)C(C)(C)F)n2n1. The molecule has 3 heterocycles. The Morgan fingerprint density at radius 2 is 2.30 bits per heavy atom. The van der Waals surface area contributed by atoms with E-state index >= 15 is 0 Å². The van der Waals surface area contributed by atoms with Gasteiger partial charge in [0.05, 0.1) is 30.1 Å². The summed E-state index contributed by atoms with van der Waals surface area (Å²) in [5, 5.41) is 7.79. The number of nitrogens with one attached hydrogen (secondary N) is 1. The zero-order chi connectivity index (χ0) is 19.8. The summed E-state index contributed by atoms with van der Waals surface area (Å²) in [5.74, 6) is -0.333. The van der Waals surface area contributed by atoms with Crippen LogP contribution >= 0.6 is 15.9 Å². The van der Waals surface area contributed by atoms with Gasteiger partial charge in [-0.05, 0) is 42.3 Å². The van der Waals surface area contributed by atoms with Crippen LogP contribution in [-0.4, -0.2) is 51.6 Å². The molecule has 148 valence electrons. The van der Waals surface area contributed by atoms with Gasteiger partial charge in [0, 0.05) is 23.9 Å². The maximum absolute atomic E-state index is 14.5. The molecule has 0 spiro atoms. The number of ether oxygens (including phenoxy) is 2. The minimum Gasteiger partial charge on any atom is -0.458 e. The predicted octanol–water partition coefficient (Wildman–Crippen LogP) is 3.48. The minimum atomic E-state index is -1.40. The van der Waals surface area contributed by atoms with E-state index in [-0.39, 0.29) is 17.9 Å². The van der Waals surface area contributed by atoms with E-state index in [2.05, 4.69) is 31.3 Å². The highest BCUT2D eigenvalue weighted by Gasteiger charge is 2.31. The lowest BCUT2D eigenvalue weighted by Crippen LogP contribution is -2.44. The van der Waals surface area contributed by atoms with Crippen molar-refractivity contribution < 1.29 is 18.7 Å². The normalized spacial score (nSPS) is 21.9. The second-order valence-corrected chi connectivity index (χ2v) is 8.20. The molecule has 3 atom stereocenters. The number of halogens is 2. The van der Waals surface area contributed by atoms with Gasteiger partial charge in [-0.25, -0.2) is 13.9 Å². The van der Waals surface area contributed by atoms with Crippen LogP contribution in [0, 0.1) is 0 Å². The standard InChI is InChI=1S/C18H24BrFN4O3/c1-10(18(3,4)20)14-7-12(19)15-8-21-17(23-24(14)15)22-13-5-6-26-9-16(13)27-11(2)25/h7-8,10,13,16H,5-6,9H2,1-4H3,(H,22,23). The number of nitrogens with zero attached hydrogens (tertiary/aromatic N) is 3. The van der Waals surface area contributed by atoms with Crippen molar-refractivity contribution in [3.63, 3.8) is 0 Å². The Labute approximate surface area is 165 Å². The largest absolute Gasteiger partial charge is 0.458 e. The third-order valence-corrected chi connectivity index (χ3v) is 5.54. The van der Waals surface area contributed by atoms with Crippen LogP contribution in [0.5, 0.6) is 0 Å². The van der Waals surface area contributed by atoms with Gasteiger partial charge in [-0.2, -0.15) is 0 Å². The molecule has 1 N–H and O–H groups in total. The van der Waals surface area contributed by atoms with E-state index in [4.69, 9.17) is 9.47 Å². The van der Waals surface area contributed by atoms with Gasteiger partial charge >= 0.3 is 5.97 Å². The molecule has 1 aliphatic rings.